The molecule has 0 saturated carbocycles. The molecule has 2 amide bonds. The standard InChI is InChI=1S/C35H37N3O6/c39-24-25-9-11-26(12-10-25)33-22-32(23-38-17-19-41-20-18-38)43-34(44-33)27-5-4-6-29(21-27)37-35(40)36-28-13-15-31(16-14-28)42-30-7-2-1-3-8-30/h1-16,21,32-34,39H,17-20,22-24H2,(H2,36,37,40)/t32-,33+,34+/m1/s1. The van der Waals surface area contributed by atoms with Gasteiger partial charge < -0.3 is 34.7 Å². The van der Waals surface area contributed by atoms with Crippen molar-refractivity contribution in [2.45, 2.75) is 31.5 Å². The highest BCUT2D eigenvalue weighted by atomic mass is 16.7. The van der Waals surface area contributed by atoms with Gasteiger partial charge in [-0.25, -0.2) is 4.79 Å². The number of benzene rings is 4. The SMILES string of the molecule is O=C(Nc1ccc(Oc2ccccc2)cc1)Nc1cccc([C@H]2O[C@@H](CN3CCOCC3)C[C@@H](c3ccc(CO)cc3)O2)c1. The number of rotatable bonds is 9. The summed E-state index contributed by atoms with van der Waals surface area (Å²) >= 11 is 0. The van der Waals surface area contributed by atoms with Crippen LogP contribution in [0.2, 0.25) is 0 Å². The number of urea groups is 1. The lowest BCUT2D eigenvalue weighted by atomic mass is 9.99. The molecule has 6 rings (SSSR count). The van der Waals surface area contributed by atoms with Gasteiger partial charge in [0.2, 0.25) is 0 Å². The molecular weight excluding hydrogens is 558 g/mol. The Kier molecular flexibility index (Phi) is 9.81. The maximum atomic E-state index is 12.9. The molecule has 2 saturated heterocycles. The van der Waals surface area contributed by atoms with Crippen LogP contribution in [-0.2, 0) is 20.8 Å². The van der Waals surface area contributed by atoms with Gasteiger partial charge in [0.1, 0.15) is 11.5 Å². The monoisotopic (exact) mass is 595 g/mol. The average molecular weight is 596 g/mol. The van der Waals surface area contributed by atoms with E-state index in [2.05, 4.69) is 15.5 Å². The Bertz CT molecular complexity index is 1490. The number of ether oxygens (including phenoxy) is 4. The van der Waals surface area contributed by atoms with Gasteiger partial charge in [0.25, 0.3) is 0 Å². The van der Waals surface area contributed by atoms with Crippen molar-refractivity contribution in [2.75, 3.05) is 43.5 Å². The first-order chi connectivity index (χ1) is 21.6. The van der Waals surface area contributed by atoms with Crippen molar-refractivity contribution in [3.63, 3.8) is 0 Å². The van der Waals surface area contributed by atoms with Crippen LogP contribution in [0.3, 0.4) is 0 Å². The predicted octanol–water partition coefficient (Wildman–Crippen LogP) is 6.49. The maximum Gasteiger partial charge on any atom is 0.323 e. The van der Waals surface area contributed by atoms with Crippen molar-refractivity contribution >= 4 is 17.4 Å². The Morgan fingerprint density at radius 2 is 1.52 bits per heavy atom. The van der Waals surface area contributed by atoms with Crippen LogP contribution in [0.4, 0.5) is 16.2 Å². The number of aliphatic hydroxyl groups is 1. The number of nitrogens with one attached hydrogen (secondary N) is 2. The van der Waals surface area contributed by atoms with Gasteiger partial charge in [-0.3, -0.25) is 4.90 Å². The fourth-order valence-electron chi connectivity index (χ4n) is 5.39. The number of para-hydroxylation sites is 1. The number of anilines is 2. The minimum atomic E-state index is -0.612. The summed E-state index contributed by atoms with van der Waals surface area (Å²) in [5, 5.41) is 15.3. The number of carbonyl (C=O) groups excluding carboxylic acids is 1. The zero-order valence-corrected chi connectivity index (χ0v) is 24.4. The quantitative estimate of drug-likeness (QED) is 0.203. The smallest absolute Gasteiger partial charge is 0.323 e. The third-order valence-electron chi connectivity index (χ3n) is 7.69. The van der Waals surface area contributed by atoms with Gasteiger partial charge >= 0.3 is 6.03 Å². The Labute approximate surface area is 257 Å². The van der Waals surface area contributed by atoms with Crippen LogP contribution in [0.1, 0.15) is 35.5 Å². The van der Waals surface area contributed by atoms with E-state index in [0.717, 1.165) is 55.3 Å². The van der Waals surface area contributed by atoms with Crippen LogP contribution in [0.25, 0.3) is 0 Å². The maximum absolute atomic E-state index is 12.9. The molecule has 0 unspecified atom stereocenters. The molecule has 2 heterocycles. The molecule has 0 aliphatic carbocycles. The van der Waals surface area contributed by atoms with E-state index in [-0.39, 0.29) is 24.8 Å². The van der Waals surface area contributed by atoms with Gasteiger partial charge in [0.15, 0.2) is 6.29 Å². The van der Waals surface area contributed by atoms with Gasteiger partial charge in [-0.2, -0.15) is 0 Å². The summed E-state index contributed by atoms with van der Waals surface area (Å²) < 4.78 is 24.3. The summed E-state index contributed by atoms with van der Waals surface area (Å²) in [6, 6.07) is 31.8. The lowest BCUT2D eigenvalue weighted by Gasteiger charge is -2.39. The molecule has 2 aliphatic rings. The summed E-state index contributed by atoms with van der Waals surface area (Å²) in [7, 11) is 0. The fraction of sp³-hybridized carbons (Fsp3) is 0.286. The van der Waals surface area contributed by atoms with E-state index < -0.39 is 6.29 Å². The molecule has 9 nitrogen and oxygen atoms in total. The fourth-order valence-corrected chi connectivity index (χ4v) is 5.39. The normalized spacial score (nSPS) is 20.5. The summed E-state index contributed by atoms with van der Waals surface area (Å²) in [5.74, 6) is 1.42. The highest BCUT2D eigenvalue weighted by Gasteiger charge is 2.33. The van der Waals surface area contributed by atoms with Crippen molar-refractivity contribution in [3.05, 3.63) is 120 Å². The van der Waals surface area contributed by atoms with Crippen molar-refractivity contribution in [2.24, 2.45) is 0 Å². The molecule has 4 aromatic carbocycles. The molecule has 44 heavy (non-hydrogen) atoms. The first-order valence-electron chi connectivity index (χ1n) is 14.9. The number of morpholine rings is 1. The van der Waals surface area contributed by atoms with E-state index in [4.69, 9.17) is 18.9 Å². The second-order valence-electron chi connectivity index (χ2n) is 10.9. The topological polar surface area (TPSA) is 102 Å². The number of amides is 2. The molecule has 0 radical (unpaired) electrons. The first-order valence-corrected chi connectivity index (χ1v) is 14.9. The number of hydrogen-bond acceptors (Lipinski definition) is 7. The third kappa shape index (κ3) is 8.02. The molecule has 0 spiro atoms. The van der Waals surface area contributed by atoms with E-state index in [9.17, 15) is 9.90 Å². The van der Waals surface area contributed by atoms with Gasteiger partial charge in [-0.15, -0.1) is 0 Å². The Morgan fingerprint density at radius 1 is 0.795 bits per heavy atom. The zero-order chi connectivity index (χ0) is 30.1. The van der Waals surface area contributed by atoms with E-state index in [1.165, 1.54) is 0 Å². The predicted molar refractivity (Wildman–Crippen MR) is 168 cm³/mol. The molecule has 9 heteroatoms. The highest BCUT2D eigenvalue weighted by Crippen LogP contribution is 2.38. The number of carbonyl (C=O) groups is 1. The molecule has 0 bridgehead atoms. The van der Waals surface area contributed by atoms with Crippen molar-refractivity contribution < 1.29 is 28.8 Å². The van der Waals surface area contributed by atoms with Crippen LogP contribution in [-0.4, -0.2) is 55.0 Å². The largest absolute Gasteiger partial charge is 0.457 e. The van der Waals surface area contributed by atoms with Crippen LogP contribution >= 0.6 is 0 Å². The lowest BCUT2D eigenvalue weighted by Crippen LogP contribution is -2.44. The molecule has 4 aromatic rings. The van der Waals surface area contributed by atoms with Gasteiger partial charge in [0, 0.05) is 43.0 Å². The molecule has 0 aromatic heterocycles. The molecular formula is C35H37N3O6. The third-order valence-corrected chi connectivity index (χ3v) is 7.69. The molecule has 3 N–H and O–H groups in total. The van der Waals surface area contributed by atoms with E-state index in [1.807, 2.05) is 91.0 Å². The number of nitrogens with zero attached hydrogens (tertiary/aromatic N) is 1. The molecule has 228 valence electrons. The van der Waals surface area contributed by atoms with Crippen LogP contribution in [0.15, 0.2) is 103 Å². The van der Waals surface area contributed by atoms with Crippen LogP contribution in [0.5, 0.6) is 11.5 Å². The Balaban J connectivity index is 1.11. The molecule has 3 atom stereocenters. The Hall–Kier alpha value is -4.25. The second-order valence-corrected chi connectivity index (χ2v) is 10.9. The van der Waals surface area contributed by atoms with Gasteiger partial charge in [-0.1, -0.05) is 54.6 Å². The minimum Gasteiger partial charge on any atom is -0.457 e. The van der Waals surface area contributed by atoms with E-state index in [0.29, 0.717) is 23.5 Å². The minimum absolute atomic E-state index is 0.00144. The Morgan fingerprint density at radius 3 is 2.27 bits per heavy atom. The highest BCUT2D eigenvalue weighted by molar-refractivity contribution is 5.99. The van der Waals surface area contributed by atoms with Crippen molar-refractivity contribution in [1.82, 2.24) is 4.90 Å². The van der Waals surface area contributed by atoms with Crippen molar-refractivity contribution in [1.29, 1.82) is 0 Å². The zero-order valence-electron chi connectivity index (χ0n) is 24.4. The summed E-state index contributed by atoms with van der Waals surface area (Å²) in [4.78, 5) is 15.2. The van der Waals surface area contributed by atoms with Crippen LogP contribution < -0.4 is 15.4 Å². The summed E-state index contributed by atoms with van der Waals surface area (Å²) in [6.45, 7) is 3.97. The number of aliphatic hydroxyl groups excluding tert-OH is 1. The van der Waals surface area contributed by atoms with Crippen molar-refractivity contribution in [3.8, 4) is 11.5 Å². The van der Waals surface area contributed by atoms with E-state index in [1.54, 1.807) is 12.1 Å². The van der Waals surface area contributed by atoms with Gasteiger partial charge in [-0.05, 0) is 59.7 Å². The molecule has 2 aliphatic heterocycles. The summed E-state index contributed by atoms with van der Waals surface area (Å²) in [6.07, 6.45) is -0.134. The van der Waals surface area contributed by atoms with Crippen LogP contribution in [0, 0.1) is 0 Å². The first kappa shape index (κ1) is 29.8. The lowest BCUT2D eigenvalue weighted by molar-refractivity contribution is -0.253. The average Bonchev–Trinajstić information content (AvgIpc) is 3.06. The summed E-state index contributed by atoms with van der Waals surface area (Å²) in [5.41, 5.74) is 3.97. The van der Waals surface area contributed by atoms with E-state index >= 15 is 0 Å². The second kappa shape index (κ2) is 14.5. The number of hydrogen-bond donors (Lipinski definition) is 3. The van der Waals surface area contributed by atoms with Gasteiger partial charge in [0.05, 0.1) is 32.0 Å². The molecule has 2 fully saturated rings.